The standard InChI is InChI=1S/C30H55NO/c1-2-3-25-31-26-21-24-29(27-30(31)32)28-22-19-17-15-13-11-9-7-5-4-6-8-10-12-14-16-18-20-23-28/h2-3,28-29H,4-27H2,1H3. The van der Waals surface area contributed by atoms with Crippen LogP contribution in [0.2, 0.25) is 0 Å². The van der Waals surface area contributed by atoms with Gasteiger partial charge in [0.25, 0.3) is 0 Å². The SMILES string of the molecule is CC=CCN1CCCC(C2CCCCCCCCCCCCCCCCCCC2)CC1=O. The third kappa shape index (κ3) is 12.4. The number of hydrogen-bond acceptors (Lipinski definition) is 1. The molecule has 1 unspecified atom stereocenters. The average Bonchev–Trinajstić information content (AvgIpc) is 2.98. The highest BCUT2D eigenvalue weighted by Gasteiger charge is 2.28. The second-order valence-electron chi connectivity index (χ2n) is 10.9. The van der Waals surface area contributed by atoms with Crippen molar-refractivity contribution in [1.29, 1.82) is 0 Å². The van der Waals surface area contributed by atoms with E-state index in [-0.39, 0.29) is 0 Å². The molecular weight excluding hydrogens is 390 g/mol. The van der Waals surface area contributed by atoms with Crippen molar-refractivity contribution in [3.63, 3.8) is 0 Å². The largest absolute Gasteiger partial charge is 0.339 e. The molecule has 0 spiro atoms. The molecule has 1 aliphatic heterocycles. The minimum absolute atomic E-state index is 0.414. The Hall–Kier alpha value is -0.790. The van der Waals surface area contributed by atoms with Crippen LogP contribution in [0.25, 0.3) is 0 Å². The molecular formula is C30H55NO. The highest BCUT2D eigenvalue weighted by Crippen LogP contribution is 2.33. The summed E-state index contributed by atoms with van der Waals surface area (Å²) in [5, 5.41) is 0. The number of likely N-dealkylation sites (tertiary alicyclic amines) is 1. The molecule has 0 radical (unpaired) electrons. The predicted octanol–water partition coefficient (Wildman–Crippen LogP) is 9.23. The summed E-state index contributed by atoms with van der Waals surface area (Å²) >= 11 is 0. The molecule has 2 aliphatic rings. The van der Waals surface area contributed by atoms with Gasteiger partial charge in [0.2, 0.25) is 5.91 Å². The summed E-state index contributed by atoms with van der Waals surface area (Å²) in [7, 11) is 0. The molecule has 2 fully saturated rings. The molecule has 1 heterocycles. The molecule has 2 rings (SSSR count). The molecule has 1 amide bonds. The van der Waals surface area contributed by atoms with Crippen molar-refractivity contribution in [2.45, 2.75) is 148 Å². The average molecular weight is 446 g/mol. The Morgan fingerprint density at radius 3 is 1.47 bits per heavy atom. The van der Waals surface area contributed by atoms with Gasteiger partial charge in [-0.05, 0) is 31.6 Å². The van der Waals surface area contributed by atoms with Crippen LogP contribution in [0.4, 0.5) is 0 Å². The van der Waals surface area contributed by atoms with Crippen molar-refractivity contribution < 1.29 is 4.79 Å². The third-order valence-corrected chi connectivity index (χ3v) is 8.17. The van der Waals surface area contributed by atoms with Gasteiger partial charge in [-0.3, -0.25) is 4.79 Å². The first-order valence-electron chi connectivity index (χ1n) is 14.7. The summed E-state index contributed by atoms with van der Waals surface area (Å²) in [6, 6.07) is 0. The summed E-state index contributed by atoms with van der Waals surface area (Å²) in [5.41, 5.74) is 0. The number of hydrogen-bond donors (Lipinski definition) is 0. The number of rotatable bonds is 3. The summed E-state index contributed by atoms with van der Waals surface area (Å²) < 4.78 is 0. The molecule has 1 saturated carbocycles. The zero-order chi connectivity index (χ0) is 22.7. The van der Waals surface area contributed by atoms with Gasteiger partial charge >= 0.3 is 0 Å². The van der Waals surface area contributed by atoms with Gasteiger partial charge in [-0.15, -0.1) is 0 Å². The first-order valence-corrected chi connectivity index (χ1v) is 14.7. The van der Waals surface area contributed by atoms with E-state index < -0.39 is 0 Å². The van der Waals surface area contributed by atoms with E-state index in [0.717, 1.165) is 25.4 Å². The van der Waals surface area contributed by atoms with Crippen molar-refractivity contribution in [1.82, 2.24) is 4.90 Å². The second kappa shape index (κ2) is 18.6. The maximum Gasteiger partial charge on any atom is 0.223 e. The maximum atomic E-state index is 12.9. The topological polar surface area (TPSA) is 20.3 Å². The first-order chi connectivity index (χ1) is 15.8. The van der Waals surface area contributed by atoms with Gasteiger partial charge in [-0.2, -0.15) is 0 Å². The van der Waals surface area contributed by atoms with Crippen LogP contribution in [0.5, 0.6) is 0 Å². The molecule has 32 heavy (non-hydrogen) atoms. The van der Waals surface area contributed by atoms with Crippen molar-refractivity contribution >= 4 is 5.91 Å². The van der Waals surface area contributed by atoms with Gasteiger partial charge in [-0.1, -0.05) is 134 Å². The Bertz CT molecular complexity index is 465. The highest BCUT2D eigenvalue weighted by molar-refractivity contribution is 5.76. The molecule has 0 bridgehead atoms. The Morgan fingerprint density at radius 2 is 1.03 bits per heavy atom. The van der Waals surface area contributed by atoms with E-state index in [0.29, 0.717) is 11.8 Å². The van der Waals surface area contributed by atoms with E-state index in [9.17, 15) is 4.79 Å². The molecule has 2 heteroatoms. The normalized spacial score (nSPS) is 26.1. The smallest absolute Gasteiger partial charge is 0.223 e. The number of nitrogens with zero attached hydrogens (tertiary/aromatic N) is 1. The van der Waals surface area contributed by atoms with Crippen LogP contribution in [0, 0.1) is 11.8 Å². The fourth-order valence-electron chi connectivity index (χ4n) is 6.03. The molecule has 0 N–H and O–H groups in total. The van der Waals surface area contributed by atoms with Crippen LogP contribution < -0.4 is 0 Å². The van der Waals surface area contributed by atoms with Gasteiger partial charge in [0.15, 0.2) is 0 Å². The minimum Gasteiger partial charge on any atom is -0.339 e. The fourth-order valence-corrected chi connectivity index (χ4v) is 6.03. The Morgan fingerprint density at radius 1 is 0.625 bits per heavy atom. The summed E-state index contributed by atoms with van der Waals surface area (Å²) in [5.74, 6) is 1.83. The molecule has 0 aromatic carbocycles. The number of carbonyl (C=O) groups is 1. The van der Waals surface area contributed by atoms with Crippen LogP contribution in [0.3, 0.4) is 0 Å². The van der Waals surface area contributed by atoms with Crippen LogP contribution in [0.15, 0.2) is 12.2 Å². The van der Waals surface area contributed by atoms with Crippen molar-refractivity contribution in [3.05, 3.63) is 12.2 Å². The minimum atomic E-state index is 0.414. The van der Waals surface area contributed by atoms with E-state index in [1.165, 1.54) is 135 Å². The first kappa shape index (κ1) is 27.5. The van der Waals surface area contributed by atoms with Crippen LogP contribution in [0.1, 0.15) is 148 Å². The van der Waals surface area contributed by atoms with Crippen molar-refractivity contribution in [3.8, 4) is 0 Å². The monoisotopic (exact) mass is 445 g/mol. The quantitative estimate of drug-likeness (QED) is 0.396. The molecule has 0 aromatic rings. The van der Waals surface area contributed by atoms with E-state index >= 15 is 0 Å². The number of amides is 1. The second-order valence-corrected chi connectivity index (χ2v) is 10.9. The maximum absolute atomic E-state index is 12.9. The Labute approximate surface area is 201 Å². The van der Waals surface area contributed by atoms with Gasteiger partial charge in [0.05, 0.1) is 0 Å². The molecule has 1 saturated heterocycles. The molecule has 2 nitrogen and oxygen atoms in total. The predicted molar refractivity (Wildman–Crippen MR) is 140 cm³/mol. The third-order valence-electron chi connectivity index (χ3n) is 8.17. The molecule has 1 aliphatic carbocycles. The lowest BCUT2D eigenvalue weighted by Gasteiger charge is -2.26. The lowest BCUT2D eigenvalue weighted by atomic mass is 9.79. The van der Waals surface area contributed by atoms with Crippen molar-refractivity contribution in [2.24, 2.45) is 11.8 Å². The van der Waals surface area contributed by atoms with Gasteiger partial charge < -0.3 is 4.90 Å². The number of allylic oxidation sites excluding steroid dienone is 1. The zero-order valence-corrected chi connectivity index (χ0v) is 21.6. The Balaban J connectivity index is 1.82. The van der Waals surface area contributed by atoms with Gasteiger partial charge in [0.1, 0.15) is 0 Å². The molecule has 1 atom stereocenters. The van der Waals surface area contributed by atoms with Gasteiger partial charge in [0, 0.05) is 19.5 Å². The van der Waals surface area contributed by atoms with E-state index in [1.54, 1.807) is 0 Å². The van der Waals surface area contributed by atoms with E-state index in [2.05, 4.69) is 24.0 Å². The van der Waals surface area contributed by atoms with E-state index in [1.807, 2.05) is 0 Å². The molecule has 186 valence electrons. The lowest BCUT2D eigenvalue weighted by molar-refractivity contribution is -0.131. The van der Waals surface area contributed by atoms with Crippen LogP contribution in [-0.2, 0) is 4.79 Å². The summed E-state index contributed by atoms with van der Waals surface area (Å²) in [6.45, 7) is 3.83. The lowest BCUT2D eigenvalue weighted by Crippen LogP contribution is -2.31. The van der Waals surface area contributed by atoms with Crippen molar-refractivity contribution in [2.75, 3.05) is 13.1 Å². The number of carbonyl (C=O) groups excluding carboxylic acids is 1. The van der Waals surface area contributed by atoms with Gasteiger partial charge in [-0.25, -0.2) is 0 Å². The van der Waals surface area contributed by atoms with E-state index in [4.69, 9.17) is 0 Å². The van der Waals surface area contributed by atoms with Crippen LogP contribution in [-0.4, -0.2) is 23.9 Å². The summed E-state index contributed by atoms with van der Waals surface area (Å²) in [6.07, 6.45) is 34.7. The molecule has 0 aromatic heterocycles. The summed E-state index contributed by atoms with van der Waals surface area (Å²) in [4.78, 5) is 15.0. The zero-order valence-electron chi connectivity index (χ0n) is 21.6. The van der Waals surface area contributed by atoms with Crippen LogP contribution >= 0.6 is 0 Å². The fraction of sp³-hybridized carbons (Fsp3) is 0.900. The Kier molecular flexibility index (Phi) is 16.0. The highest BCUT2D eigenvalue weighted by atomic mass is 16.2.